The Bertz CT molecular complexity index is 340. The van der Waals surface area contributed by atoms with Gasteiger partial charge >= 0.3 is 0 Å². The van der Waals surface area contributed by atoms with Gasteiger partial charge in [-0.15, -0.1) is 11.8 Å². The van der Waals surface area contributed by atoms with E-state index in [1.54, 1.807) is 11.8 Å². The van der Waals surface area contributed by atoms with E-state index in [1.807, 2.05) is 0 Å². The molecule has 16 heavy (non-hydrogen) atoms. The van der Waals surface area contributed by atoms with Crippen LogP contribution in [0.15, 0.2) is 29.2 Å². The molecule has 0 radical (unpaired) electrons. The summed E-state index contributed by atoms with van der Waals surface area (Å²) in [5.41, 5.74) is 7.36. The molecule has 0 saturated heterocycles. The number of thioether (sulfide) groups is 1. The maximum atomic E-state index is 9.48. The maximum Gasteiger partial charge on any atom is 0.0505 e. The summed E-state index contributed by atoms with van der Waals surface area (Å²) in [6.07, 6.45) is 5.36. The second-order valence-corrected chi connectivity index (χ2v) is 5.50. The van der Waals surface area contributed by atoms with Crippen LogP contribution < -0.4 is 5.73 Å². The van der Waals surface area contributed by atoms with Crippen LogP contribution in [0.25, 0.3) is 0 Å². The monoisotopic (exact) mass is 237 g/mol. The fourth-order valence-electron chi connectivity index (χ4n) is 2.36. The summed E-state index contributed by atoms with van der Waals surface area (Å²) in [5.74, 6) is 0. The third-order valence-corrected chi connectivity index (χ3v) is 4.54. The van der Waals surface area contributed by atoms with Crippen LogP contribution in [0.3, 0.4) is 0 Å². The first-order valence-corrected chi connectivity index (χ1v) is 6.95. The summed E-state index contributed by atoms with van der Waals surface area (Å²) in [7, 11) is 0. The molecule has 0 spiro atoms. The average Bonchev–Trinajstić information content (AvgIpc) is 2.28. The lowest BCUT2D eigenvalue weighted by Crippen LogP contribution is -2.43. The van der Waals surface area contributed by atoms with Crippen LogP contribution in [0.4, 0.5) is 0 Å². The van der Waals surface area contributed by atoms with E-state index in [0.717, 1.165) is 18.4 Å². The first kappa shape index (κ1) is 12.0. The Hall–Kier alpha value is -0.510. The highest BCUT2D eigenvalue weighted by molar-refractivity contribution is 7.98. The molecule has 88 valence electrons. The van der Waals surface area contributed by atoms with E-state index >= 15 is 0 Å². The highest BCUT2D eigenvalue weighted by atomic mass is 32.2. The predicted molar refractivity (Wildman–Crippen MR) is 68.5 cm³/mol. The fraction of sp³-hybridized carbons (Fsp3) is 0.538. The zero-order valence-electron chi connectivity index (χ0n) is 9.65. The van der Waals surface area contributed by atoms with Crippen molar-refractivity contribution in [3.63, 3.8) is 0 Å². The van der Waals surface area contributed by atoms with Crippen molar-refractivity contribution < 1.29 is 5.11 Å². The van der Waals surface area contributed by atoms with Gasteiger partial charge in [0.15, 0.2) is 0 Å². The minimum Gasteiger partial charge on any atom is -0.396 e. The second-order valence-electron chi connectivity index (χ2n) is 4.62. The second kappa shape index (κ2) is 4.78. The normalized spacial score (nSPS) is 20.2. The largest absolute Gasteiger partial charge is 0.396 e. The van der Waals surface area contributed by atoms with Gasteiger partial charge in [0.25, 0.3) is 0 Å². The molecule has 1 aliphatic rings. The molecule has 1 unspecified atom stereocenters. The molecule has 0 aromatic heterocycles. The van der Waals surface area contributed by atoms with Gasteiger partial charge in [-0.2, -0.15) is 0 Å². The van der Waals surface area contributed by atoms with Crippen LogP contribution in [0.5, 0.6) is 0 Å². The zero-order valence-corrected chi connectivity index (χ0v) is 10.5. The topological polar surface area (TPSA) is 46.2 Å². The van der Waals surface area contributed by atoms with Crippen LogP contribution in [-0.4, -0.2) is 18.0 Å². The lowest BCUT2D eigenvalue weighted by molar-refractivity contribution is 0.0184. The molecule has 1 aliphatic carbocycles. The van der Waals surface area contributed by atoms with Gasteiger partial charge in [0.1, 0.15) is 0 Å². The molecule has 1 atom stereocenters. The highest BCUT2D eigenvalue weighted by Gasteiger charge is 2.42. The Morgan fingerprint density at radius 2 is 2.00 bits per heavy atom. The predicted octanol–water partition coefficient (Wildman–Crippen LogP) is 2.57. The summed E-state index contributed by atoms with van der Waals surface area (Å²) in [6, 6.07) is 8.35. The maximum absolute atomic E-state index is 9.48. The van der Waals surface area contributed by atoms with E-state index in [2.05, 4.69) is 30.5 Å². The average molecular weight is 237 g/mol. The molecule has 1 aromatic rings. The van der Waals surface area contributed by atoms with Crippen molar-refractivity contribution in [2.45, 2.75) is 30.2 Å². The first-order valence-electron chi connectivity index (χ1n) is 5.72. The molecule has 1 fully saturated rings. The van der Waals surface area contributed by atoms with Gasteiger partial charge < -0.3 is 10.8 Å². The van der Waals surface area contributed by atoms with E-state index in [4.69, 9.17) is 5.73 Å². The summed E-state index contributed by atoms with van der Waals surface area (Å²) >= 11 is 1.73. The third kappa shape index (κ3) is 1.99. The molecule has 3 N–H and O–H groups in total. The molecule has 0 bridgehead atoms. The summed E-state index contributed by atoms with van der Waals surface area (Å²) in [5, 5.41) is 9.48. The smallest absolute Gasteiger partial charge is 0.0505 e. The number of aliphatic hydroxyl groups is 1. The van der Waals surface area contributed by atoms with Crippen molar-refractivity contribution in [1.82, 2.24) is 0 Å². The molecule has 1 saturated carbocycles. The molecule has 0 amide bonds. The molecule has 2 rings (SSSR count). The Morgan fingerprint density at radius 1 is 1.38 bits per heavy atom. The first-order chi connectivity index (χ1) is 7.72. The SMILES string of the molecule is CSc1ccc(C(N)C2(CO)CCC2)cc1. The van der Waals surface area contributed by atoms with E-state index < -0.39 is 0 Å². The van der Waals surface area contributed by atoms with Crippen molar-refractivity contribution in [2.75, 3.05) is 12.9 Å². The van der Waals surface area contributed by atoms with Crippen LogP contribution in [0.2, 0.25) is 0 Å². The molecule has 1 aromatic carbocycles. The minimum absolute atomic E-state index is 0.0258. The zero-order chi connectivity index (χ0) is 11.6. The summed E-state index contributed by atoms with van der Waals surface area (Å²) in [6.45, 7) is 0.207. The van der Waals surface area contributed by atoms with Crippen molar-refractivity contribution in [3.05, 3.63) is 29.8 Å². The van der Waals surface area contributed by atoms with Crippen molar-refractivity contribution in [1.29, 1.82) is 0 Å². The lowest BCUT2D eigenvalue weighted by Gasteiger charge is -2.45. The van der Waals surface area contributed by atoms with Gasteiger partial charge in [0.05, 0.1) is 6.61 Å². The Labute approximate surface area is 101 Å². The number of benzene rings is 1. The van der Waals surface area contributed by atoms with E-state index in [-0.39, 0.29) is 18.1 Å². The van der Waals surface area contributed by atoms with Crippen molar-refractivity contribution >= 4 is 11.8 Å². The molecular weight excluding hydrogens is 218 g/mol. The minimum atomic E-state index is -0.0547. The molecule has 2 nitrogen and oxygen atoms in total. The van der Waals surface area contributed by atoms with E-state index in [9.17, 15) is 5.11 Å². The molecular formula is C13H19NOS. The van der Waals surface area contributed by atoms with Crippen LogP contribution in [0, 0.1) is 5.41 Å². The van der Waals surface area contributed by atoms with Gasteiger partial charge in [-0.25, -0.2) is 0 Å². The Morgan fingerprint density at radius 3 is 2.38 bits per heavy atom. The van der Waals surface area contributed by atoms with Gasteiger partial charge in [-0.1, -0.05) is 18.6 Å². The highest BCUT2D eigenvalue weighted by Crippen LogP contribution is 2.48. The Balaban J connectivity index is 2.16. The van der Waals surface area contributed by atoms with Gasteiger partial charge in [-0.3, -0.25) is 0 Å². The fourth-order valence-corrected chi connectivity index (χ4v) is 2.77. The van der Waals surface area contributed by atoms with Crippen LogP contribution in [-0.2, 0) is 0 Å². The quantitative estimate of drug-likeness (QED) is 0.791. The third-order valence-electron chi connectivity index (χ3n) is 3.80. The van der Waals surface area contributed by atoms with E-state index in [0.29, 0.717) is 0 Å². The standard InChI is InChI=1S/C13H19NOS/c1-16-11-5-3-10(4-6-11)12(14)13(9-15)7-2-8-13/h3-6,12,15H,2,7-9,14H2,1H3. The summed E-state index contributed by atoms with van der Waals surface area (Å²) < 4.78 is 0. The molecule has 3 heteroatoms. The Kier molecular flexibility index (Phi) is 3.57. The van der Waals surface area contributed by atoms with Crippen LogP contribution in [0.1, 0.15) is 30.9 Å². The number of aliphatic hydroxyl groups excluding tert-OH is 1. The lowest BCUT2D eigenvalue weighted by atomic mass is 9.63. The van der Waals surface area contributed by atoms with E-state index in [1.165, 1.54) is 11.3 Å². The molecule has 0 heterocycles. The van der Waals surface area contributed by atoms with Gasteiger partial charge in [0, 0.05) is 16.4 Å². The number of rotatable bonds is 4. The van der Waals surface area contributed by atoms with Crippen LogP contribution >= 0.6 is 11.8 Å². The number of nitrogens with two attached hydrogens (primary N) is 1. The summed E-state index contributed by atoms with van der Waals surface area (Å²) in [4.78, 5) is 1.25. The number of hydrogen-bond acceptors (Lipinski definition) is 3. The number of hydrogen-bond donors (Lipinski definition) is 2. The van der Waals surface area contributed by atoms with Gasteiger partial charge in [-0.05, 0) is 36.8 Å². The van der Waals surface area contributed by atoms with Gasteiger partial charge in [0.2, 0.25) is 0 Å². The molecule has 0 aliphatic heterocycles. The van der Waals surface area contributed by atoms with Crippen molar-refractivity contribution in [2.24, 2.45) is 11.1 Å². The van der Waals surface area contributed by atoms with Crippen molar-refractivity contribution in [3.8, 4) is 0 Å².